The Morgan fingerprint density at radius 2 is 1.70 bits per heavy atom. The Morgan fingerprint density at radius 1 is 1.05 bits per heavy atom. The highest BCUT2D eigenvalue weighted by molar-refractivity contribution is 6.03. The average Bonchev–Trinajstić information content (AvgIpc) is 2.51. The zero-order valence-electron chi connectivity index (χ0n) is 11.4. The van der Waals surface area contributed by atoms with Crippen molar-refractivity contribution in [3.63, 3.8) is 0 Å². The quantitative estimate of drug-likeness (QED) is 0.528. The minimum absolute atomic E-state index is 0.393. The van der Waals surface area contributed by atoms with E-state index >= 15 is 0 Å². The summed E-state index contributed by atoms with van der Waals surface area (Å²) in [6, 6.07) is 11.3. The lowest BCUT2D eigenvalue weighted by Gasteiger charge is -2.07. The highest BCUT2D eigenvalue weighted by Crippen LogP contribution is 2.22. The van der Waals surface area contributed by atoms with E-state index in [2.05, 4.69) is 16.9 Å². The molecule has 1 aromatic heterocycles. The van der Waals surface area contributed by atoms with Crippen LogP contribution in [0.15, 0.2) is 36.4 Å². The van der Waals surface area contributed by atoms with Crippen molar-refractivity contribution >= 4 is 28.0 Å². The van der Waals surface area contributed by atoms with E-state index < -0.39 is 5.97 Å². The summed E-state index contributed by atoms with van der Waals surface area (Å²) in [5.41, 5.74) is 4.58. The van der Waals surface area contributed by atoms with Gasteiger partial charge in [0.1, 0.15) is 5.52 Å². The third-order valence-corrected chi connectivity index (χ3v) is 3.36. The molecular formula is C16H14N2O2. The molecule has 0 spiro atoms. The molecule has 0 atom stereocenters. The van der Waals surface area contributed by atoms with E-state index in [1.54, 1.807) is 12.1 Å². The molecule has 1 heterocycles. The smallest absolute Gasteiger partial charge is 0.340 e. The molecule has 4 nitrogen and oxygen atoms in total. The van der Waals surface area contributed by atoms with E-state index in [0.29, 0.717) is 16.6 Å². The Labute approximate surface area is 116 Å². The van der Waals surface area contributed by atoms with Crippen LogP contribution in [0.5, 0.6) is 0 Å². The molecule has 0 unspecified atom stereocenters. The molecule has 3 rings (SSSR count). The summed E-state index contributed by atoms with van der Waals surface area (Å²) in [6.45, 7) is 2.09. The minimum Gasteiger partial charge on any atom is -0.465 e. The van der Waals surface area contributed by atoms with Crippen molar-refractivity contribution in [2.24, 2.45) is 0 Å². The Balaban J connectivity index is 2.38. The van der Waals surface area contributed by atoms with Crippen LogP contribution in [0.25, 0.3) is 22.1 Å². The average molecular weight is 266 g/mol. The lowest BCUT2D eigenvalue weighted by molar-refractivity contribution is 0.0603. The lowest BCUT2D eigenvalue weighted by Crippen LogP contribution is -2.04. The highest BCUT2D eigenvalue weighted by atomic mass is 16.5. The minimum atomic E-state index is -0.393. The number of nitrogens with zero attached hydrogens (tertiary/aromatic N) is 2. The third kappa shape index (κ3) is 1.90. The van der Waals surface area contributed by atoms with Crippen molar-refractivity contribution in [2.75, 3.05) is 7.11 Å². The molecule has 0 N–H and O–H groups in total. The zero-order chi connectivity index (χ0) is 14.1. The molecule has 0 aliphatic heterocycles. The van der Waals surface area contributed by atoms with Crippen molar-refractivity contribution in [3.8, 4) is 0 Å². The largest absolute Gasteiger partial charge is 0.465 e. The van der Waals surface area contributed by atoms with Crippen LogP contribution in [0.1, 0.15) is 22.8 Å². The van der Waals surface area contributed by atoms with Crippen molar-refractivity contribution in [3.05, 3.63) is 47.5 Å². The molecule has 20 heavy (non-hydrogen) atoms. The number of aromatic nitrogens is 2. The van der Waals surface area contributed by atoms with Crippen molar-refractivity contribution in [2.45, 2.75) is 13.3 Å². The van der Waals surface area contributed by atoms with Gasteiger partial charge >= 0.3 is 5.97 Å². The van der Waals surface area contributed by atoms with E-state index in [1.165, 1.54) is 7.11 Å². The fourth-order valence-corrected chi connectivity index (χ4v) is 2.34. The number of hydrogen-bond acceptors (Lipinski definition) is 4. The van der Waals surface area contributed by atoms with Crippen LogP contribution in [0.2, 0.25) is 0 Å². The summed E-state index contributed by atoms with van der Waals surface area (Å²) in [5, 5.41) is 0. The van der Waals surface area contributed by atoms with E-state index in [9.17, 15) is 4.79 Å². The third-order valence-electron chi connectivity index (χ3n) is 3.36. The maximum Gasteiger partial charge on any atom is 0.340 e. The number of esters is 1. The number of para-hydroxylation sites is 2. The fourth-order valence-electron chi connectivity index (χ4n) is 2.34. The number of carbonyl (C=O) groups excluding carboxylic acids is 1. The number of rotatable bonds is 2. The van der Waals surface area contributed by atoms with Gasteiger partial charge in [-0.2, -0.15) is 0 Å². The van der Waals surface area contributed by atoms with E-state index in [0.717, 1.165) is 23.0 Å². The molecule has 0 radical (unpaired) electrons. The van der Waals surface area contributed by atoms with Crippen molar-refractivity contribution in [1.82, 2.24) is 9.97 Å². The predicted molar refractivity (Wildman–Crippen MR) is 77.8 cm³/mol. The molecular weight excluding hydrogens is 252 g/mol. The topological polar surface area (TPSA) is 52.1 Å². The van der Waals surface area contributed by atoms with Gasteiger partial charge in [0.05, 0.1) is 29.2 Å². The van der Waals surface area contributed by atoms with Gasteiger partial charge in [0.15, 0.2) is 0 Å². The number of carbonyl (C=O) groups is 1. The normalized spacial score (nSPS) is 10.9. The summed E-state index contributed by atoms with van der Waals surface area (Å²) in [7, 11) is 1.37. The van der Waals surface area contributed by atoms with Gasteiger partial charge in [0.25, 0.3) is 0 Å². The van der Waals surface area contributed by atoms with Crippen molar-refractivity contribution in [1.29, 1.82) is 0 Å². The van der Waals surface area contributed by atoms with Crippen LogP contribution >= 0.6 is 0 Å². The molecule has 0 aliphatic rings. The molecule has 0 saturated carbocycles. The summed E-state index contributed by atoms with van der Waals surface area (Å²) in [4.78, 5) is 21.0. The Morgan fingerprint density at radius 3 is 2.40 bits per heavy atom. The molecule has 0 aliphatic carbocycles. The van der Waals surface area contributed by atoms with Crippen LogP contribution < -0.4 is 0 Å². The number of fused-ring (bicyclic) bond motifs is 2. The van der Waals surface area contributed by atoms with E-state index in [-0.39, 0.29) is 0 Å². The maximum atomic E-state index is 11.8. The second-order valence-electron chi connectivity index (χ2n) is 4.53. The van der Waals surface area contributed by atoms with Crippen LogP contribution in [-0.2, 0) is 11.2 Å². The number of ether oxygens (including phenoxy) is 1. The number of benzene rings is 2. The standard InChI is InChI=1S/C16H14N2O2/c1-3-10-6-4-8-12-14(10)17-13-9-5-7-11(15(13)18-12)16(19)20-2/h4-9H,3H2,1-2H3. The zero-order valence-corrected chi connectivity index (χ0v) is 11.4. The first-order chi connectivity index (χ1) is 9.74. The van der Waals surface area contributed by atoms with Crippen LogP contribution in [0.3, 0.4) is 0 Å². The van der Waals surface area contributed by atoms with Gasteiger partial charge in [-0.1, -0.05) is 25.1 Å². The SMILES string of the molecule is CCc1cccc2nc3c(C(=O)OC)cccc3nc12. The Bertz CT molecular complexity index is 812. The van der Waals surface area contributed by atoms with Gasteiger partial charge in [-0.3, -0.25) is 0 Å². The fraction of sp³-hybridized carbons (Fsp3) is 0.188. The summed E-state index contributed by atoms with van der Waals surface area (Å²) >= 11 is 0. The molecule has 0 bridgehead atoms. The molecule has 2 aromatic carbocycles. The molecule has 100 valence electrons. The van der Waals surface area contributed by atoms with Crippen LogP contribution in [-0.4, -0.2) is 23.0 Å². The maximum absolute atomic E-state index is 11.8. The van der Waals surface area contributed by atoms with Crippen molar-refractivity contribution < 1.29 is 9.53 Å². The summed E-state index contributed by atoms with van der Waals surface area (Å²) in [6.07, 6.45) is 0.897. The predicted octanol–water partition coefficient (Wildman–Crippen LogP) is 3.13. The van der Waals surface area contributed by atoms with Gasteiger partial charge in [-0.05, 0) is 30.2 Å². The van der Waals surface area contributed by atoms with Gasteiger partial charge in [-0.25, -0.2) is 14.8 Å². The monoisotopic (exact) mass is 266 g/mol. The number of methoxy groups -OCH3 is 1. The first-order valence-corrected chi connectivity index (χ1v) is 6.51. The molecule has 0 fully saturated rings. The Hall–Kier alpha value is -2.49. The first-order valence-electron chi connectivity index (χ1n) is 6.51. The second kappa shape index (κ2) is 4.89. The molecule has 4 heteroatoms. The lowest BCUT2D eigenvalue weighted by atomic mass is 10.1. The van der Waals surface area contributed by atoms with Gasteiger partial charge in [0.2, 0.25) is 0 Å². The van der Waals surface area contributed by atoms with Gasteiger partial charge in [0, 0.05) is 0 Å². The van der Waals surface area contributed by atoms with Crippen LogP contribution in [0, 0.1) is 0 Å². The molecule has 3 aromatic rings. The number of aryl methyl sites for hydroxylation is 1. The van der Waals surface area contributed by atoms with Crippen LogP contribution in [0.4, 0.5) is 0 Å². The highest BCUT2D eigenvalue weighted by Gasteiger charge is 2.13. The molecule has 0 amide bonds. The first kappa shape index (κ1) is 12.5. The Kier molecular flexibility index (Phi) is 3.06. The van der Waals surface area contributed by atoms with Gasteiger partial charge in [-0.15, -0.1) is 0 Å². The summed E-state index contributed by atoms with van der Waals surface area (Å²) < 4.78 is 4.79. The van der Waals surface area contributed by atoms with Gasteiger partial charge < -0.3 is 4.74 Å². The summed E-state index contributed by atoms with van der Waals surface area (Å²) in [5.74, 6) is -0.393. The molecule has 0 saturated heterocycles. The van der Waals surface area contributed by atoms with E-state index in [1.807, 2.05) is 24.3 Å². The second-order valence-corrected chi connectivity index (χ2v) is 4.53. The van der Waals surface area contributed by atoms with E-state index in [4.69, 9.17) is 4.74 Å². The number of hydrogen-bond donors (Lipinski definition) is 0.